The smallest absolute Gasteiger partial charge is 0.260 e. The van der Waals surface area contributed by atoms with Gasteiger partial charge < -0.3 is 4.90 Å². The third kappa shape index (κ3) is 4.10. The third-order valence-corrected chi connectivity index (χ3v) is 6.40. The van der Waals surface area contributed by atoms with Gasteiger partial charge in [-0.2, -0.15) is 0 Å². The first-order valence-corrected chi connectivity index (χ1v) is 10.9. The van der Waals surface area contributed by atoms with Crippen LogP contribution in [0.4, 0.5) is 5.13 Å². The van der Waals surface area contributed by atoms with Gasteiger partial charge >= 0.3 is 0 Å². The molecular weight excluding hydrogens is 366 g/mol. The zero-order chi connectivity index (χ0) is 19.5. The summed E-state index contributed by atoms with van der Waals surface area (Å²) in [5, 5.41) is 0.794. The molecule has 1 aliphatic rings. The van der Waals surface area contributed by atoms with E-state index in [2.05, 4.69) is 37.2 Å². The molecule has 0 spiro atoms. The van der Waals surface area contributed by atoms with Crippen molar-refractivity contribution in [2.45, 2.75) is 32.1 Å². The number of aromatic nitrogens is 1. The number of thiazole rings is 1. The molecular formula is C23H27N3OS. The van der Waals surface area contributed by atoms with Crippen molar-refractivity contribution in [3.05, 3.63) is 59.2 Å². The molecule has 5 heteroatoms. The van der Waals surface area contributed by atoms with E-state index in [1.807, 2.05) is 29.2 Å². The summed E-state index contributed by atoms with van der Waals surface area (Å²) in [7, 11) is 4.13. The largest absolute Gasteiger partial charge is 0.309 e. The first-order chi connectivity index (χ1) is 13.6. The maximum absolute atomic E-state index is 13.5. The Labute approximate surface area is 170 Å². The molecule has 0 aliphatic heterocycles. The number of benzene rings is 2. The summed E-state index contributed by atoms with van der Waals surface area (Å²) in [4.78, 5) is 22.2. The number of rotatable bonds is 6. The summed E-state index contributed by atoms with van der Waals surface area (Å²) in [5.41, 5.74) is 4.49. The van der Waals surface area contributed by atoms with Crippen LogP contribution in [0.2, 0.25) is 0 Å². The first kappa shape index (κ1) is 19.1. The van der Waals surface area contributed by atoms with Gasteiger partial charge in [-0.05, 0) is 88.1 Å². The van der Waals surface area contributed by atoms with Crippen molar-refractivity contribution < 1.29 is 4.79 Å². The van der Waals surface area contributed by atoms with Crippen LogP contribution in [-0.4, -0.2) is 43.0 Å². The van der Waals surface area contributed by atoms with Gasteiger partial charge in [0.2, 0.25) is 0 Å². The van der Waals surface area contributed by atoms with E-state index in [0.29, 0.717) is 6.54 Å². The fraction of sp³-hybridized carbons (Fsp3) is 0.391. The molecule has 0 saturated heterocycles. The summed E-state index contributed by atoms with van der Waals surface area (Å²) in [6.45, 7) is 1.62. The molecule has 1 aliphatic carbocycles. The van der Waals surface area contributed by atoms with Crippen molar-refractivity contribution in [3.8, 4) is 0 Å². The molecule has 28 heavy (non-hydrogen) atoms. The lowest BCUT2D eigenvalue weighted by molar-refractivity contribution is 0.0986. The van der Waals surface area contributed by atoms with Gasteiger partial charge in [-0.15, -0.1) is 0 Å². The molecule has 1 amide bonds. The average Bonchev–Trinajstić information content (AvgIpc) is 3.14. The number of aryl methyl sites for hydroxylation is 2. The topological polar surface area (TPSA) is 36.4 Å². The monoisotopic (exact) mass is 393 g/mol. The summed E-state index contributed by atoms with van der Waals surface area (Å²) in [6.07, 6.45) is 5.60. The Morgan fingerprint density at radius 3 is 2.61 bits per heavy atom. The number of para-hydroxylation sites is 1. The minimum Gasteiger partial charge on any atom is -0.309 e. The van der Waals surface area contributed by atoms with Gasteiger partial charge in [-0.3, -0.25) is 9.69 Å². The molecule has 0 fully saturated rings. The quantitative estimate of drug-likeness (QED) is 0.605. The third-order valence-electron chi connectivity index (χ3n) is 5.34. The highest BCUT2D eigenvalue weighted by Crippen LogP contribution is 2.30. The van der Waals surface area contributed by atoms with Gasteiger partial charge in [0.05, 0.1) is 10.2 Å². The van der Waals surface area contributed by atoms with Gasteiger partial charge in [0.1, 0.15) is 0 Å². The SMILES string of the molecule is CN(C)CCCN(C(=O)c1ccc2c(c1)CCCC2)c1nc2ccccc2s1. The molecule has 0 unspecified atom stereocenters. The van der Waals surface area contributed by atoms with Crippen molar-refractivity contribution in [3.63, 3.8) is 0 Å². The minimum atomic E-state index is 0.0613. The molecule has 0 bridgehead atoms. The van der Waals surface area contributed by atoms with E-state index in [4.69, 9.17) is 4.98 Å². The number of hydrogen-bond donors (Lipinski definition) is 0. The van der Waals surface area contributed by atoms with E-state index >= 15 is 0 Å². The second kappa shape index (κ2) is 8.41. The van der Waals surface area contributed by atoms with E-state index in [1.165, 1.54) is 24.0 Å². The van der Waals surface area contributed by atoms with Crippen LogP contribution in [0.15, 0.2) is 42.5 Å². The Bertz CT molecular complexity index is 946. The van der Waals surface area contributed by atoms with Gasteiger partial charge in [0.15, 0.2) is 5.13 Å². The molecule has 0 radical (unpaired) electrons. The maximum Gasteiger partial charge on any atom is 0.260 e. The molecule has 1 aromatic heterocycles. The second-order valence-corrected chi connectivity index (χ2v) is 8.78. The molecule has 0 saturated carbocycles. The number of amides is 1. The molecule has 2 aromatic carbocycles. The molecule has 146 valence electrons. The molecule has 0 atom stereocenters. The van der Waals surface area contributed by atoms with Crippen LogP contribution in [0.25, 0.3) is 10.2 Å². The van der Waals surface area contributed by atoms with Gasteiger partial charge in [0.25, 0.3) is 5.91 Å². The van der Waals surface area contributed by atoms with Crippen LogP contribution in [0.3, 0.4) is 0 Å². The minimum absolute atomic E-state index is 0.0613. The fourth-order valence-electron chi connectivity index (χ4n) is 3.83. The molecule has 3 aromatic rings. The Morgan fingerprint density at radius 2 is 1.82 bits per heavy atom. The summed E-state index contributed by atoms with van der Waals surface area (Å²) < 4.78 is 1.12. The van der Waals surface area contributed by atoms with Crippen molar-refractivity contribution in [1.82, 2.24) is 9.88 Å². The number of hydrogen-bond acceptors (Lipinski definition) is 4. The molecule has 4 rings (SSSR count). The number of fused-ring (bicyclic) bond motifs is 2. The summed E-state index contributed by atoms with van der Waals surface area (Å²) >= 11 is 1.60. The van der Waals surface area contributed by atoms with Gasteiger partial charge in [0, 0.05) is 12.1 Å². The van der Waals surface area contributed by atoms with E-state index < -0.39 is 0 Å². The maximum atomic E-state index is 13.5. The predicted molar refractivity (Wildman–Crippen MR) is 118 cm³/mol. The highest BCUT2D eigenvalue weighted by atomic mass is 32.1. The highest BCUT2D eigenvalue weighted by molar-refractivity contribution is 7.22. The standard InChI is InChI=1S/C23H27N3OS/c1-25(2)14-7-15-26(23-24-20-10-5-6-11-21(20)28-23)22(27)19-13-12-17-8-3-4-9-18(17)16-19/h5-6,10-13,16H,3-4,7-9,14-15H2,1-2H3. The Hall–Kier alpha value is -2.24. The van der Waals surface area contributed by atoms with E-state index in [1.54, 1.807) is 11.3 Å². The van der Waals surface area contributed by atoms with Gasteiger partial charge in [-0.1, -0.05) is 29.5 Å². The number of anilines is 1. The molecule has 1 heterocycles. The Kier molecular flexibility index (Phi) is 5.74. The number of nitrogens with zero attached hydrogens (tertiary/aromatic N) is 3. The predicted octanol–water partition coefficient (Wildman–Crippen LogP) is 4.77. The Morgan fingerprint density at radius 1 is 1.04 bits per heavy atom. The average molecular weight is 394 g/mol. The van der Waals surface area contributed by atoms with E-state index in [-0.39, 0.29) is 5.91 Å². The van der Waals surface area contributed by atoms with Crippen LogP contribution in [0, 0.1) is 0 Å². The summed E-state index contributed by atoms with van der Waals surface area (Å²) in [6, 6.07) is 14.4. The van der Waals surface area contributed by atoms with Gasteiger partial charge in [-0.25, -0.2) is 4.98 Å². The summed E-state index contributed by atoms with van der Waals surface area (Å²) in [5.74, 6) is 0.0613. The Balaban J connectivity index is 1.64. The van der Waals surface area contributed by atoms with Crippen molar-refractivity contribution in [1.29, 1.82) is 0 Å². The first-order valence-electron chi connectivity index (χ1n) is 10.1. The lowest BCUT2D eigenvalue weighted by Crippen LogP contribution is -2.33. The highest BCUT2D eigenvalue weighted by Gasteiger charge is 2.22. The van der Waals surface area contributed by atoms with Crippen LogP contribution in [0.1, 0.15) is 40.7 Å². The van der Waals surface area contributed by atoms with E-state index in [9.17, 15) is 4.79 Å². The zero-order valence-electron chi connectivity index (χ0n) is 16.6. The van der Waals surface area contributed by atoms with Crippen molar-refractivity contribution in [2.75, 3.05) is 32.1 Å². The number of carbonyl (C=O) groups is 1. The lowest BCUT2D eigenvalue weighted by atomic mass is 9.90. The lowest BCUT2D eigenvalue weighted by Gasteiger charge is -2.22. The second-order valence-electron chi connectivity index (χ2n) is 7.77. The fourth-order valence-corrected chi connectivity index (χ4v) is 4.82. The van der Waals surface area contributed by atoms with E-state index in [0.717, 1.165) is 46.7 Å². The molecule has 4 nitrogen and oxygen atoms in total. The van der Waals surface area contributed by atoms with Crippen LogP contribution in [0.5, 0.6) is 0 Å². The van der Waals surface area contributed by atoms with Crippen molar-refractivity contribution in [2.24, 2.45) is 0 Å². The number of carbonyl (C=O) groups excluding carboxylic acids is 1. The van der Waals surface area contributed by atoms with Crippen LogP contribution in [-0.2, 0) is 12.8 Å². The van der Waals surface area contributed by atoms with Crippen LogP contribution >= 0.6 is 11.3 Å². The molecule has 0 N–H and O–H groups in total. The zero-order valence-corrected chi connectivity index (χ0v) is 17.5. The van der Waals surface area contributed by atoms with Crippen LogP contribution < -0.4 is 4.90 Å². The normalized spacial score (nSPS) is 13.7. The van der Waals surface area contributed by atoms with Crippen molar-refractivity contribution >= 4 is 32.6 Å².